The maximum Gasteiger partial charge on any atom is 0.319 e. The fourth-order valence-corrected chi connectivity index (χ4v) is 1.63. The van der Waals surface area contributed by atoms with Gasteiger partial charge in [-0.1, -0.05) is 30.3 Å². The van der Waals surface area contributed by atoms with Crippen molar-refractivity contribution in [1.82, 2.24) is 10.3 Å². The second kappa shape index (κ2) is 5.82. The van der Waals surface area contributed by atoms with Gasteiger partial charge in [0, 0.05) is 6.20 Å². The van der Waals surface area contributed by atoms with E-state index in [2.05, 4.69) is 15.6 Å². The van der Waals surface area contributed by atoms with E-state index in [0.29, 0.717) is 5.69 Å². The van der Waals surface area contributed by atoms with Gasteiger partial charge in [0.25, 0.3) is 0 Å². The van der Waals surface area contributed by atoms with Crippen molar-refractivity contribution in [2.45, 2.75) is 13.0 Å². The summed E-state index contributed by atoms with van der Waals surface area (Å²) in [7, 11) is 0. The molecule has 1 heterocycles. The number of nitrogens with one attached hydrogen (secondary N) is 2. The average Bonchev–Trinajstić information content (AvgIpc) is 2.40. The molecule has 2 N–H and O–H groups in total. The number of pyridine rings is 1. The summed E-state index contributed by atoms with van der Waals surface area (Å²) < 4.78 is 0. The molecule has 0 radical (unpaired) electrons. The average molecular weight is 241 g/mol. The molecule has 0 unspecified atom stereocenters. The van der Waals surface area contributed by atoms with Gasteiger partial charge in [0.2, 0.25) is 0 Å². The molecule has 2 rings (SSSR count). The minimum atomic E-state index is -0.237. The Morgan fingerprint density at radius 1 is 1.17 bits per heavy atom. The highest BCUT2D eigenvalue weighted by molar-refractivity contribution is 5.89. The summed E-state index contributed by atoms with van der Waals surface area (Å²) >= 11 is 0. The third-order valence-corrected chi connectivity index (χ3v) is 2.57. The number of amides is 2. The zero-order valence-corrected chi connectivity index (χ0v) is 10.1. The van der Waals surface area contributed by atoms with Gasteiger partial charge in [0.1, 0.15) is 0 Å². The number of carbonyl (C=O) groups excluding carboxylic acids is 1. The van der Waals surface area contributed by atoms with Crippen LogP contribution in [0.1, 0.15) is 18.5 Å². The lowest BCUT2D eigenvalue weighted by Gasteiger charge is -2.14. The minimum absolute atomic E-state index is 0.0390. The molecule has 0 aliphatic rings. The van der Waals surface area contributed by atoms with E-state index in [4.69, 9.17) is 0 Å². The fourth-order valence-electron chi connectivity index (χ4n) is 1.63. The van der Waals surface area contributed by atoms with Gasteiger partial charge in [-0.3, -0.25) is 4.98 Å². The molecule has 0 saturated heterocycles. The molecule has 2 aromatic rings. The van der Waals surface area contributed by atoms with E-state index in [1.165, 1.54) is 0 Å². The molecular weight excluding hydrogens is 226 g/mol. The number of nitrogens with zero attached hydrogens (tertiary/aromatic N) is 1. The highest BCUT2D eigenvalue weighted by atomic mass is 16.2. The van der Waals surface area contributed by atoms with Crippen molar-refractivity contribution in [3.05, 3.63) is 60.4 Å². The van der Waals surface area contributed by atoms with Crippen LogP contribution in [0.2, 0.25) is 0 Å². The number of benzene rings is 1. The molecule has 0 fully saturated rings. The van der Waals surface area contributed by atoms with Gasteiger partial charge in [-0.15, -0.1) is 0 Å². The summed E-state index contributed by atoms with van der Waals surface area (Å²) in [4.78, 5) is 15.7. The van der Waals surface area contributed by atoms with Crippen molar-refractivity contribution >= 4 is 11.7 Å². The van der Waals surface area contributed by atoms with Crippen molar-refractivity contribution in [3.63, 3.8) is 0 Å². The Hall–Kier alpha value is -2.36. The first kappa shape index (κ1) is 12.1. The molecule has 18 heavy (non-hydrogen) atoms. The van der Waals surface area contributed by atoms with E-state index in [9.17, 15) is 4.79 Å². The summed E-state index contributed by atoms with van der Waals surface area (Å²) in [5, 5.41) is 5.60. The van der Waals surface area contributed by atoms with Crippen LogP contribution in [-0.2, 0) is 0 Å². The smallest absolute Gasteiger partial charge is 0.319 e. The summed E-state index contributed by atoms with van der Waals surface area (Å²) in [5.74, 6) is 0. The van der Waals surface area contributed by atoms with Crippen LogP contribution in [0.4, 0.5) is 10.5 Å². The maximum atomic E-state index is 11.7. The molecule has 0 spiro atoms. The van der Waals surface area contributed by atoms with Gasteiger partial charge in [-0.05, 0) is 24.6 Å². The molecule has 0 saturated carbocycles. The predicted molar refractivity (Wildman–Crippen MR) is 71.2 cm³/mol. The summed E-state index contributed by atoms with van der Waals surface area (Å²) in [6.45, 7) is 1.94. The molecule has 0 bridgehead atoms. The van der Waals surface area contributed by atoms with Crippen molar-refractivity contribution in [3.8, 4) is 0 Å². The van der Waals surface area contributed by atoms with Gasteiger partial charge >= 0.3 is 6.03 Å². The first-order valence-corrected chi connectivity index (χ1v) is 5.78. The number of hydrogen-bond acceptors (Lipinski definition) is 2. The van der Waals surface area contributed by atoms with E-state index >= 15 is 0 Å². The number of carbonyl (C=O) groups is 1. The van der Waals surface area contributed by atoms with Gasteiger partial charge in [-0.25, -0.2) is 4.79 Å². The quantitative estimate of drug-likeness (QED) is 0.868. The van der Waals surface area contributed by atoms with Crippen molar-refractivity contribution in [1.29, 1.82) is 0 Å². The predicted octanol–water partition coefficient (Wildman–Crippen LogP) is 2.96. The lowest BCUT2D eigenvalue weighted by Crippen LogP contribution is -2.31. The largest absolute Gasteiger partial charge is 0.331 e. The van der Waals surface area contributed by atoms with E-state index in [-0.39, 0.29) is 12.1 Å². The maximum absolute atomic E-state index is 11.7. The molecule has 92 valence electrons. The Balaban J connectivity index is 1.92. The summed E-state index contributed by atoms with van der Waals surface area (Å²) in [5.41, 5.74) is 1.74. The molecule has 0 aliphatic heterocycles. The van der Waals surface area contributed by atoms with Crippen molar-refractivity contribution < 1.29 is 4.79 Å². The van der Waals surface area contributed by atoms with Gasteiger partial charge in [0.15, 0.2) is 0 Å². The van der Waals surface area contributed by atoms with E-state index in [0.717, 1.165) is 5.56 Å². The third kappa shape index (κ3) is 3.31. The van der Waals surface area contributed by atoms with Crippen molar-refractivity contribution in [2.75, 3.05) is 5.32 Å². The first-order valence-electron chi connectivity index (χ1n) is 5.78. The van der Waals surface area contributed by atoms with Crippen LogP contribution >= 0.6 is 0 Å². The molecule has 2 amide bonds. The van der Waals surface area contributed by atoms with Crippen LogP contribution < -0.4 is 10.6 Å². The number of hydrogen-bond donors (Lipinski definition) is 2. The third-order valence-electron chi connectivity index (χ3n) is 2.57. The summed E-state index contributed by atoms with van der Waals surface area (Å²) in [6, 6.07) is 13.1. The molecule has 4 nitrogen and oxygen atoms in total. The summed E-state index contributed by atoms with van der Waals surface area (Å²) in [6.07, 6.45) is 3.27. The number of aromatic nitrogens is 1. The van der Waals surface area contributed by atoms with E-state index in [1.807, 2.05) is 37.3 Å². The molecule has 4 heteroatoms. The Kier molecular flexibility index (Phi) is 3.91. The lowest BCUT2D eigenvalue weighted by atomic mass is 10.1. The Bertz CT molecular complexity index is 499. The van der Waals surface area contributed by atoms with E-state index in [1.54, 1.807) is 24.5 Å². The second-order valence-electron chi connectivity index (χ2n) is 3.97. The van der Waals surface area contributed by atoms with Gasteiger partial charge < -0.3 is 10.6 Å². The second-order valence-corrected chi connectivity index (χ2v) is 3.97. The van der Waals surface area contributed by atoms with Gasteiger partial charge in [-0.2, -0.15) is 0 Å². The molecular formula is C14H15N3O. The van der Waals surface area contributed by atoms with Crippen molar-refractivity contribution in [2.24, 2.45) is 0 Å². The van der Waals surface area contributed by atoms with Crippen LogP contribution in [0.25, 0.3) is 0 Å². The zero-order valence-electron chi connectivity index (χ0n) is 10.1. The van der Waals surface area contributed by atoms with Crippen LogP contribution in [0.3, 0.4) is 0 Å². The highest BCUT2D eigenvalue weighted by Gasteiger charge is 2.08. The Morgan fingerprint density at radius 3 is 2.61 bits per heavy atom. The van der Waals surface area contributed by atoms with Crippen LogP contribution in [0.5, 0.6) is 0 Å². The van der Waals surface area contributed by atoms with E-state index < -0.39 is 0 Å². The minimum Gasteiger partial charge on any atom is -0.331 e. The monoisotopic (exact) mass is 241 g/mol. The molecule has 1 aromatic carbocycles. The van der Waals surface area contributed by atoms with Gasteiger partial charge in [0.05, 0.1) is 17.9 Å². The first-order chi connectivity index (χ1) is 8.75. The number of urea groups is 1. The topological polar surface area (TPSA) is 54.0 Å². The fraction of sp³-hybridized carbons (Fsp3) is 0.143. The Morgan fingerprint density at radius 2 is 1.94 bits per heavy atom. The highest BCUT2D eigenvalue weighted by Crippen LogP contribution is 2.11. The lowest BCUT2D eigenvalue weighted by molar-refractivity contribution is 0.249. The Labute approximate surface area is 106 Å². The normalized spacial score (nSPS) is 11.6. The molecule has 1 atom stereocenters. The molecule has 1 aromatic heterocycles. The zero-order chi connectivity index (χ0) is 12.8. The van der Waals surface area contributed by atoms with Crippen LogP contribution in [0, 0.1) is 0 Å². The molecule has 0 aliphatic carbocycles. The standard InChI is InChI=1S/C14H15N3O/c1-11(12-6-3-2-4-7-12)16-14(18)17-13-8-5-9-15-10-13/h2-11H,1H3,(H2,16,17,18)/t11-/m1/s1. The number of anilines is 1. The number of rotatable bonds is 3. The SMILES string of the molecule is C[C@@H](NC(=O)Nc1cccnc1)c1ccccc1. The van der Waals surface area contributed by atoms with Crippen LogP contribution in [0.15, 0.2) is 54.9 Å². The van der Waals surface area contributed by atoms with Crippen LogP contribution in [-0.4, -0.2) is 11.0 Å².